The quantitative estimate of drug-likeness (QED) is 0.765. The molecule has 1 N–H and O–H groups in total. The fourth-order valence-corrected chi connectivity index (χ4v) is 3.63. The first-order chi connectivity index (χ1) is 8.74. The minimum atomic E-state index is -0.657. The molecule has 1 saturated carbocycles. The van der Waals surface area contributed by atoms with Crippen molar-refractivity contribution in [2.45, 2.75) is 57.5 Å². The fourth-order valence-electron chi connectivity index (χ4n) is 3.63. The molecular weight excluding hydrogens is 230 g/mol. The zero-order valence-electron chi connectivity index (χ0n) is 11.3. The van der Waals surface area contributed by atoms with Crippen LogP contribution < -0.4 is 0 Å². The van der Waals surface area contributed by atoms with Gasteiger partial charge in [0.15, 0.2) is 0 Å². The molecule has 4 nitrogen and oxygen atoms in total. The molecule has 0 amide bonds. The van der Waals surface area contributed by atoms with E-state index in [1.54, 1.807) is 0 Å². The lowest BCUT2D eigenvalue weighted by Gasteiger charge is -2.47. The van der Waals surface area contributed by atoms with Crippen molar-refractivity contribution in [3.05, 3.63) is 0 Å². The molecule has 18 heavy (non-hydrogen) atoms. The molecule has 0 spiro atoms. The summed E-state index contributed by atoms with van der Waals surface area (Å²) in [7, 11) is 0. The normalized spacial score (nSPS) is 33.1. The van der Waals surface area contributed by atoms with Crippen LogP contribution in [0.25, 0.3) is 0 Å². The van der Waals surface area contributed by atoms with Gasteiger partial charge in [-0.3, -0.25) is 9.69 Å². The molecule has 4 heteroatoms. The smallest absolute Gasteiger partial charge is 0.320 e. The number of piperidine rings is 1. The summed E-state index contributed by atoms with van der Waals surface area (Å²) in [5.74, 6) is 0.0616. The molecule has 2 rings (SSSR count). The third-order valence-corrected chi connectivity index (χ3v) is 4.49. The van der Waals surface area contributed by atoms with Crippen LogP contribution in [0, 0.1) is 5.92 Å². The van der Waals surface area contributed by atoms with Crippen LogP contribution in [0.1, 0.15) is 45.4 Å². The molecule has 3 unspecified atom stereocenters. The van der Waals surface area contributed by atoms with E-state index in [0.29, 0.717) is 19.3 Å². The Morgan fingerprint density at radius 2 is 2.06 bits per heavy atom. The maximum absolute atomic E-state index is 11.4. The van der Waals surface area contributed by atoms with Crippen molar-refractivity contribution in [1.29, 1.82) is 0 Å². The first kappa shape index (κ1) is 13.8. The summed E-state index contributed by atoms with van der Waals surface area (Å²) in [5, 5.41) is 9.37. The number of fused-ring (bicyclic) bond motifs is 1. The third-order valence-electron chi connectivity index (χ3n) is 4.49. The number of carboxylic acid groups (broad SMARTS) is 1. The van der Waals surface area contributed by atoms with Crippen LogP contribution >= 0.6 is 0 Å². The Morgan fingerprint density at radius 1 is 1.28 bits per heavy atom. The van der Waals surface area contributed by atoms with Crippen LogP contribution in [-0.4, -0.2) is 47.8 Å². The van der Waals surface area contributed by atoms with Gasteiger partial charge >= 0.3 is 5.97 Å². The Balaban J connectivity index is 2.01. The van der Waals surface area contributed by atoms with E-state index in [1.807, 2.05) is 6.92 Å². The van der Waals surface area contributed by atoms with E-state index in [1.165, 1.54) is 25.7 Å². The first-order valence-electron chi connectivity index (χ1n) is 7.30. The molecule has 0 aromatic carbocycles. The van der Waals surface area contributed by atoms with Gasteiger partial charge in [0.25, 0.3) is 0 Å². The Morgan fingerprint density at radius 3 is 2.78 bits per heavy atom. The van der Waals surface area contributed by atoms with E-state index >= 15 is 0 Å². The molecule has 1 saturated heterocycles. The average molecular weight is 255 g/mol. The molecule has 2 fully saturated rings. The van der Waals surface area contributed by atoms with Crippen LogP contribution in [0.5, 0.6) is 0 Å². The molecule has 1 aliphatic carbocycles. The topological polar surface area (TPSA) is 49.8 Å². The lowest BCUT2D eigenvalue weighted by Crippen LogP contribution is -2.55. The molecule has 3 atom stereocenters. The molecule has 104 valence electrons. The van der Waals surface area contributed by atoms with Crippen molar-refractivity contribution in [2.24, 2.45) is 5.92 Å². The van der Waals surface area contributed by atoms with E-state index < -0.39 is 5.97 Å². The van der Waals surface area contributed by atoms with E-state index in [0.717, 1.165) is 25.3 Å². The van der Waals surface area contributed by atoms with Gasteiger partial charge < -0.3 is 9.84 Å². The Labute approximate surface area is 109 Å². The van der Waals surface area contributed by atoms with Gasteiger partial charge in [-0.05, 0) is 38.5 Å². The number of rotatable bonds is 5. The summed E-state index contributed by atoms with van der Waals surface area (Å²) in [6, 6.07) is 0.193. The standard InChI is InChI=1S/C14H25NO3/c1-2-18-10-9-15-12-6-4-3-5-11(12)7-8-13(15)14(16)17/h11-13H,2-10H2,1H3,(H,16,17). The van der Waals surface area contributed by atoms with Crippen LogP contribution in [-0.2, 0) is 9.53 Å². The van der Waals surface area contributed by atoms with Crippen LogP contribution in [0.3, 0.4) is 0 Å². The summed E-state index contributed by atoms with van der Waals surface area (Å²) in [6.45, 7) is 4.11. The second-order valence-corrected chi connectivity index (χ2v) is 5.48. The maximum Gasteiger partial charge on any atom is 0.320 e. The van der Waals surface area contributed by atoms with Gasteiger partial charge in [0, 0.05) is 19.2 Å². The molecule has 2 aliphatic rings. The minimum Gasteiger partial charge on any atom is -0.480 e. The van der Waals surface area contributed by atoms with Gasteiger partial charge in [0.1, 0.15) is 6.04 Å². The van der Waals surface area contributed by atoms with Gasteiger partial charge in [0.05, 0.1) is 6.61 Å². The van der Waals surface area contributed by atoms with E-state index in [-0.39, 0.29) is 6.04 Å². The number of hydrogen-bond donors (Lipinski definition) is 1. The van der Waals surface area contributed by atoms with Crippen LogP contribution in [0.15, 0.2) is 0 Å². The second-order valence-electron chi connectivity index (χ2n) is 5.48. The minimum absolute atomic E-state index is 0.287. The van der Waals surface area contributed by atoms with Gasteiger partial charge in [0.2, 0.25) is 0 Å². The largest absolute Gasteiger partial charge is 0.480 e. The zero-order chi connectivity index (χ0) is 13.0. The van der Waals surface area contributed by atoms with E-state index in [4.69, 9.17) is 4.74 Å². The van der Waals surface area contributed by atoms with Gasteiger partial charge in [-0.15, -0.1) is 0 Å². The lowest BCUT2D eigenvalue weighted by molar-refractivity contribution is -0.148. The van der Waals surface area contributed by atoms with Gasteiger partial charge in [-0.25, -0.2) is 0 Å². The highest BCUT2D eigenvalue weighted by Gasteiger charge is 2.40. The summed E-state index contributed by atoms with van der Waals surface area (Å²) >= 11 is 0. The number of hydrogen-bond acceptors (Lipinski definition) is 3. The Kier molecular flexibility index (Phi) is 5.01. The molecule has 0 aromatic heterocycles. The molecule has 0 bridgehead atoms. The van der Waals surface area contributed by atoms with Crippen molar-refractivity contribution in [1.82, 2.24) is 4.90 Å². The maximum atomic E-state index is 11.4. The fraction of sp³-hybridized carbons (Fsp3) is 0.929. The van der Waals surface area contributed by atoms with Crippen molar-refractivity contribution in [3.63, 3.8) is 0 Å². The Bertz CT molecular complexity index is 282. The predicted molar refractivity (Wildman–Crippen MR) is 69.6 cm³/mol. The number of likely N-dealkylation sites (tertiary alicyclic amines) is 1. The highest BCUT2D eigenvalue weighted by molar-refractivity contribution is 5.73. The number of carbonyl (C=O) groups is 1. The van der Waals surface area contributed by atoms with E-state index in [2.05, 4.69) is 4.90 Å². The number of carboxylic acids is 1. The van der Waals surface area contributed by atoms with Gasteiger partial charge in [-0.2, -0.15) is 0 Å². The van der Waals surface area contributed by atoms with Crippen molar-refractivity contribution in [3.8, 4) is 0 Å². The SMILES string of the molecule is CCOCCN1C(C(=O)O)CCC2CCCCC21. The molecule has 1 aliphatic heterocycles. The van der Waals surface area contributed by atoms with Crippen molar-refractivity contribution >= 4 is 5.97 Å². The third kappa shape index (κ3) is 3.04. The monoisotopic (exact) mass is 255 g/mol. The van der Waals surface area contributed by atoms with Crippen molar-refractivity contribution < 1.29 is 14.6 Å². The van der Waals surface area contributed by atoms with Crippen LogP contribution in [0.4, 0.5) is 0 Å². The summed E-state index contributed by atoms with van der Waals surface area (Å²) in [6.07, 6.45) is 6.91. The van der Waals surface area contributed by atoms with Crippen LogP contribution in [0.2, 0.25) is 0 Å². The molecule has 0 aromatic rings. The zero-order valence-corrected chi connectivity index (χ0v) is 11.3. The Hall–Kier alpha value is -0.610. The highest BCUT2D eigenvalue weighted by Crippen LogP contribution is 2.37. The molecule has 0 radical (unpaired) electrons. The summed E-state index contributed by atoms with van der Waals surface area (Å²) in [4.78, 5) is 13.6. The number of aliphatic carboxylic acids is 1. The first-order valence-corrected chi connectivity index (χ1v) is 7.30. The number of nitrogens with zero attached hydrogens (tertiary/aromatic N) is 1. The van der Waals surface area contributed by atoms with Gasteiger partial charge in [-0.1, -0.05) is 12.8 Å². The van der Waals surface area contributed by atoms with E-state index in [9.17, 15) is 9.90 Å². The van der Waals surface area contributed by atoms with Crippen molar-refractivity contribution in [2.75, 3.05) is 19.8 Å². The summed E-state index contributed by atoms with van der Waals surface area (Å²) in [5.41, 5.74) is 0. The molecular formula is C14H25NO3. The predicted octanol–water partition coefficient (Wildman–Crippen LogP) is 2.13. The summed E-state index contributed by atoms with van der Waals surface area (Å²) < 4.78 is 5.41. The highest BCUT2D eigenvalue weighted by atomic mass is 16.5. The number of ether oxygens (including phenoxy) is 1. The average Bonchev–Trinajstić information content (AvgIpc) is 2.38. The second kappa shape index (κ2) is 6.53. The molecule has 1 heterocycles. The lowest BCUT2D eigenvalue weighted by atomic mass is 9.76.